The van der Waals surface area contributed by atoms with Gasteiger partial charge in [0.25, 0.3) is 0 Å². The van der Waals surface area contributed by atoms with Crippen LogP contribution in [0.4, 0.5) is 0 Å². The van der Waals surface area contributed by atoms with Crippen molar-refractivity contribution in [1.82, 2.24) is 0 Å². The molecular weight excluding hydrogens is 428 g/mol. The lowest BCUT2D eigenvalue weighted by atomic mass is 10.0. The van der Waals surface area contributed by atoms with E-state index in [4.69, 9.17) is 18.9 Å². The molecule has 0 saturated heterocycles. The highest BCUT2D eigenvalue weighted by Crippen LogP contribution is 2.11. The third-order valence-corrected chi connectivity index (χ3v) is 5.99. The standard InChI is InChI=1S/C29H58O5/c1-4-5-6-7-8-9-10-13-16-21-31-24-26-33-27-25-32-22-18-20-29(30)34-23-17-14-11-12-15-19-28(2)3/h28H,4-27H2,1-3H3. The Bertz CT molecular complexity index is 400. The summed E-state index contributed by atoms with van der Waals surface area (Å²) >= 11 is 0. The second-order valence-corrected chi connectivity index (χ2v) is 9.94. The summed E-state index contributed by atoms with van der Waals surface area (Å²) in [5, 5.41) is 0. The summed E-state index contributed by atoms with van der Waals surface area (Å²) in [7, 11) is 0. The van der Waals surface area contributed by atoms with Crippen molar-refractivity contribution < 1.29 is 23.7 Å². The van der Waals surface area contributed by atoms with E-state index in [-0.39, 0.29) is 5.97 Å². The molecule has 5 heteroatoms. The number of esters is 1. The molecule has 0 aliphatic rings. The zero-order valence-corrected chi connectivity index (χ0v) is 23.1. The molecule has 0 aromatic rings. The first-order valence-corrected chi connectivity index (χ1v) is 14.6. The molecule has 5 nitrogen and oxygen atoms in total. The average molecular weight is 487 g/mol. The molecule has 0 aromatic carbocycles. The van der Waals surface area contributed by atoms with Crippen molar-refractivity contribution in [3.8, 4) is 0 Å². The minimum absolute atomic E-state index is 0.108. The normalized spacial score (nSPS) is 11.4. The SMILES string of the molecule is CCCCCCCCCCCOCCOCCOCCCC(=O)OCCCCCCCC(C)C. The summed E-state index contributed by atoms with van der Waals surface area (Å²) in [5.74, 6) is 0.694. The van der Waals surface area contributed by atoms with E-state index in [1.807, 2.05) is 0 Å². The minimum Gasteiger partial charge on any atom is -0.466 e. The first-order valence-electron chi connectivity index (χ1n) is 14.6. The van der Waals surface area contributed by atoms with Crippen molar-refractivity contribution in [2.75, 3.05) is 46.2 Å². The molecule has 0 saturated carbocycles. The highest BCUT2D eigenvalue weighted by atomic mass is 16.5. The predicted octanol–water partition coefficient (Wildman–Crippen LogP) is 7.89. The Labute approximate surface area is 212 Å². The molecule has 0 fully saturated rings. The van der Waals surface area contributed by atoms with Gasteiger partial charge in [-0.15, -0.1) is 0 Å². The van der Waals surface area contributed by atoms with Gasteiger partial charge in [-0.1, -0.05) is 104 Å². The Balaban J connectivity index is 3.13. The molecule has 0 radical (unpaired) electrons. The number of carbonyl (C=O) groups is 1. The number of unbranched alkanes of at least 4 members (excludes halogenated alkanes) is 12. The number of rotatable bonds is 28. The van der Waals surface area contributed by atoms with Gasteiger partial charge in [0.05, 0.1) is 33.0 Å². The lowest BCUT2D eigenvalue weighted by Gasteiger charge is -2.08. The van der Waals surface area contributed by atoms with Crippen molar-refractivity contribution >= 4 is 5.97 Å². The molecule has 0 unspecified atom stereocenters. The van der Waals surface area contributed by atoms with Crippen LogP contribution in [0, 0.1) is 5.92 Å². The van der Waals surface area contributed by atoms with Crippen LogP contribution in [0.2, 0.25) is 0 Å². The maximum Gasteiger partial charge on any atom is 0.305 e. The lowest BCUT2D eigenvalue weighted by Crippen LogP contribution is -2.11. The molecule has 0 aliphatic heterocycles. The number of hydrogen-bond donors (Lipinski definition) is 0. The summed E-state index contributed by atoms with van der Waals surface area (Å²) in [6.45, 7) is 11.2. The van der Waals surface area contributed by atoms with Crippen molar-refractivity contribution in [1.29, 1.82) is 0 Å². The molecule has 0 atom stereocenters. The first kappa shape index (κ1) is 33.4. The Kier molecular flexibility index (Phi) is 28.0. The van der Waals surface area contributed by atoms with Crippen LogP contribution in [0.1, 0.15) is 130 Å². The van der Waals surface area contributed by atoms with Crippen LogP contribution >= 0.6 is 0 Å². The Hall–Kier alpha value is -0.650. The summed E-state index contributed by atoms with van der Waals surface area (Å²) in [6, 6.07) is 0. The van der Waals surface area contributed by atoms with E-state index >= 15 is 0 Å². The van der Waals surface area contributed by atoms with E-state index in [2.05, 4.69) is 20.8 Å². The third kappa shape index (κ3) is 29.4. The molecule has 0 aliphatic carbocycles. The van der Waals surface area contributed by atoms with Gasteiger partial charge in [-0.05, 0) is 25.2 Å². The lowest BCUT2D eigenvalue weighted by molar-refractivity contribution is -0.144. The average Bonchev–Trinajstić information content (AvgIpc) is 2.82. The van der Waals surface area contributed by atoms with Gasteiger partial charge < -0.3 is 18.9 Å². The Morgan fingerprint density at radius 1 is 0.529 bits per heavy atom. The van der Waals surface area contributed by atoms with Crippen LogP contribution in [-0.4, -0.2) is 52.2 Å². The highest BCUT2D eigenvalue weighted by Gasteiger charge is 2.03. The zero-order valence-electron chi connectivity index (χ0n) is 23.1. The molecule has 0 bridgehead atoms. The van der Waals surface area contributed by atoms with Gasteiger partial charge in [-0.2, -0.15) is 0 Å². The van der Waals surface area contributed by atoms with Crippen LogP contribution in [0.15, 0.2) is 0 Å². The molecule has 34 heavy (non-hydrogen) atoms. The molecular formula is C29H58O5. The van der Waals surface area contributed by atoms with E-state index in [9.17, 15) is 4.79 Å². The van der Waals surface area contributed by atoms with Gasteiger partial charge in [-0.25, -0.2) is 0 Å². The first-order chi connectivity index (χ1) is 16.7. The fourth-order valence-corrected chi connectivity index (χ4v) is 3.82. The maximum atomic E-state index is 11.7. The van der Waals surface area contributed by atoms with E-state index in [0.717, 1.165) is 31.8 Å². The fourth-order valence-electron chi connectivity index (χ4n) is 3.82. The predicted molar refractivity (Wildman–Crippen MR) is 142 cm³/mol. The molecule has 0 spiro atoms. The van der Waals surface area contributed by atoms with Gasteiger partial charge >= 0.3 is 5.97 Å². The smallest absolute Gasteiger partial charge is 0.305 e. The topological polar surface area (TPSA) is 54.0 Å². The third-order valence-electron chi connectivity index (χ3n) is 5.99. The molecule has 0 amide bonds. The fraction of sp³-hybridized carbons (Fsp3) is 0.966. The number of carbonyl (C=O) groups excluding carboxylic acids is 1. The van der Waals surface area contributed by atoms with Crippen LogP contribution < -0.4 is 0 Å². The van der Waals surface area contributed by atoms with Crippen LogP contribution in [0.25, 0.3) is 0 Å². The zero-order chi connectivity index (χ0) is 25.0. The minimum atomic E-state index is -0.108. The van der Waals surface area contributed by atoms with Crippen LogP contribution in [0.5, 0.6) is 0 Å². The number of ether oxygens (including phenoxy) is 4. The van der Waals surface area contributed by atoms with Gasteiger partial charge in [0, 0.05) is 19.6 Å². The molecule has 204 valence electrons. The van der Waals surface area contributed by atoms with Gasteiger partial charge in [-0.3, -0.25) is 4.79 Å². The van der Waals surface area contributed by atoms with E-state index in [0.29, 0.717) is 52.5 Å². The second kappa shape index (κ2) is 28.6. The van der Waals surface area contributed by atoms with Gasteiger partial charge in [0.2, 0.25) is 0 Å². The molecule has 0 aromatic heterocycles. The Morgan fingerprint density at radius 3 is 1.53 bits per heavy atom. The second-order valence-electron chi connectivity index (χ2n) is 9.94. The van der Waals surface area contributed by atoms with Crippen molar-refractivity contribution in [3.63, 3.8) is 0 Å². The van der Waals surface area contributed by atoms with Gasteiger partial charge in [0.1, 0.15) is 0 Å². The largest absolute Gasteiger partial charge is 0.466 e. The summed E-state index contributed by atoms with van der Waals surface area (Å²) in [4.78, 5) is 11.7. The van der Waals surface area contributed by atoms with Crippen LogP contribution in [-0.2, 0) is 23.7 Å². The quantitative estimate of drug-likeness (QED) is 0.0831. The van der Waals surface area contributed by atoms with Gasteiger partial charge in [0.15, 0.2) is 0 Å². The number of hydrogen-bond acceptors (Lipinski definition) is 5. The summed E-state index contributed by atoms with van der Waals surface area (Å²) in [5.41, 5.74) is 0. The van der Waals surface area contributed by atoms with Crippen molar-refractivity contribution in [2.24, 2.45) is 5.92 Å². The van der Waals surface area contributed by atoms with Crippen molar-refractivity contribution in [3.05, 3.63) is 0 Å². The van der Waals surface area contributed by atoms with E-state index < -0.39 is 0 Å². The van der Waals surface area contributed by atoms with E-state index in [1.165, 1.54) is 77.0 Å². The highest BCUT2D eigenvalue weighted by molar-refractivity contribution is 5.69. The molecule has 0 rings (SSSR count). The summed E-state index contributed by atoms with van der Waals surface area (Å²) in [6.07, 6.45) is 20.5. The maximum absolute atomic E-state index is 11.7. The van der Waals surface area contributed by atoms with Crippen LogP contribution in [0.3, 0.4) is 0 Å². The molecule has 0 heterocycles. The van der Waals surface area contributed by atoms with Crippen molar-refractivity contribution in [2.45, 2.75) is 130 Å². The van der Waals surface area contributed by atoms with E-state index in [1.54, 1.807) is 0 Å². The summed E-state index contributed by atoms with van der Waals surface area (Å²) < 4.78 is 22.0. The Morgan fingerprint density at radius 2 is 0.971 bits per heavy atom. The monoisotopic (exact) mass is 486 g/mol. The molecule has 0 N–H and O–H groups in total.